The van der Waals surface area contributed by atoms with Gasteiger partial charge in [0.1, 0.15) is 17.9 Å². The second kappa shape index (κ2) is 4.29. The molecule has 3 nitrogen and oxygen atoms in total. The minimum absolute atomic E-state index is 0.504. The topological polar surface area (TPSA) is 35.3 Å². The van der Waals surface area contributed by atoms with Crippen molar-refractivity contribution in [2.75, 3.05) is 0 Å². The number of hydrogen-bond acceptors (Lipinski definition) is 3. The molecule has 2 aromatic heterocycles. The summed E-state index contributed by atoms with van der Waals surface area (Å²) in [4.78, 5) is 4.04. The van der Waals surface area contributed by atoms with Crippen LogP contribution in [0.3, 0.4) is 0 Å². The van der Waals surface area contributed by atoms with Crippen molar-refractivity contribution in [2.45, 2.75) is 6.61 Å². The van der Waals surface area contributed by atoms with E-state index in [1.54, 1.807) is 18.5 Å². The molecule has 2 heterocycles. The fourth-order valence-electron chi connectivity index (χ4n) is 1.62. The van der Waals surface area contributed by atoms with Gasteiger partial charge in [-0.05, 0) is 24.3 Å². The highest BCUT2D eigenvalue weighted by atomic mass is 16.5. The Balaban J connectivity index is 1.76. The Kier molecular flexibility index (Phi) is 2.50. The number of rotatable bonds is 3. The monoisotopic (exact) mass is 224 g/mol. The van der Waals surface area contributed by atoms with Gasteiger partial charge in [0.2, 0.25) is 0 Å². The van der Waals surface area contributed by atoms with Gasteiger partial charge in [-0.25, -0.2) is 0 Å². The van der Waals surface area contributed by atoms with Gasteiger partial charge in [0, 0.05) is 29.4 Å². The van der Waals surface area contributed by atoms with Gasteiger partial charge in [-0.15, -0.1) is 0 Å². The second-order valence-corrected chi connectivity index (χ2v) is 3.71. The first-order chi connectivity index (χ1) is 8.42. The summed E-state index contributed by atoms with van der Waals surface area (Å²) >= 11 is 0. The first-order valence-corrected chi connectivity index (χ1v) is 5.33. The SMILES string of the molecule is [c]1cc2ccc(OCc3cccnc3)cc2o1. The van der Waals surface area contributed by atoms with E-state index in [1.165, 1.54) is 0 Å². The molecule has 0 aliphatic heterocycles. The smallest absolute Gasteiger partial charge is 0.170 e. The summed E-state index contributed by atoms with van der Waals surface area (Å²) in [5.41, 5.74) is 1.83. The van der Waals surface area contributed by atoms with Crippen molar-refractivity contribution in [3.05, 3.63) is 60.6 Å². The van der Waals surface area contributed by atoms with E-state index in [2.05, 4.69) is 11.2 Å². The van der Waals surface area contributed by atoms with Gasteiger partial charge in [0.15, 0.2) is 6.26 Å². The van der Waals surface area contributed by atoms with Gasteiger partial charge >= 0.3 is 0 Å². The molecule has 17 heavy (non-hydrogen) atoms. The fourth-order valence-corrected chi connectivity index (χ4v) is 1.62. The third-order valence-corrected chi connectivity index (χ3v) is 2.50. The average Bonchev–Trinajstić information content (AvgIpc) is 2.85. The van der Waals surface area contributed by atoms with Crippen LogP contribution in [-0.2, 0) is 6.61 Å². The maximum absolute atomic E-state index is 5.66. The fraction of sp³-hybridized carbons (Fsp3) is 0.0714. The van der Waals surface area contributed by atoms with Crippen molar-refractivity contribution in [2.24, 2.45) is 0 Å². The molecule has 0 aliphatic carbocycles. The number of furan rings is 1. The Morgan fingerprint density at radius 3 is 3.18 bits per heavy atom. The van der Waals surface area contributed by atoms with Crippen LogP contribution in [0.4, 0.5) is 0 Å². The minimum Gasteiger partial charge on any atom is -0.489 e. The molecule has 3 heteroatoms. The summed E-state index contributed by atoms with van der Waals surface area (Å²) in [5.74, 6) is 0.782. The maximum Gasteiger partial charge on any atom is 0.170 e. The van der Waals surface area contributed by atoms with Gasteiger partial charge in [-0.2, -0.15) is 0 Å². The Labute approximate surface area is 98.7 Å². The van der Waals surface area contributed by atoms with Crippen molar-refractivity contribution in [3.8, 4) is 5.75 Å². The highest BCUT2D eigenvalue weighted by Crippen LogP contribution is 2.21. The van der Waals surface area contributed by atoms with Gasteiger partial charge in [-0.1, -0.05) is 6.07 Å². The van der Waals surface area contributed by atoms with Crippen LogP contribution in [0.15, 0.2) is 53.2 Å². The van der Waals surface area contributed by atoms with Crippen molar-refractivity contribution < 1.29 is 9.15 Å². The Morgan fingerprint density at radius 1 is 1.29 bits per heavy atom. The highest BCUT2D eigenvalue weighted by molar-refractivity contribution is 5.78. The normalized spacial score (nSPS) is 10.6. The summed E-state index contributed by atoms with van der Waals surface area (Å²) in [6, 6.07) is 11.4. The van der Waals surface area contributed by atoms with Crippen LogP contribution in [0.1, 0.15) is 5.56 Å². The Bertz CT molecular complexity index is 616. The molecule has 1 aromatic carbocycles. The zero-order chi connectivity index (χ0) is 11.5. The predicted molar refractivity (Wildman–Crippen MR) is 63.6 cm³/mol. The van der Waals surface area contributed by atoms with Crippen molar-refractivity contribution in [3.63, 3.8) is 0 Å². The summed E-state index contributed by atoms with van der Waals surface area (Å²) in [6.07, 6.45) is 6.23. The predicted octanol–water partition coefficient (Wildman–Crippen LogP) is 3.21. The first-order valence-electron chi connectivity index (χ1n) is 5.33. The molecule has 0 fully saturated rings. The summed E-state index contributed by atoms with van der Waals surface area (Å²) < 4.78 is 10.8. The van der Waals surface area contributed by atoms with Crippen LogP contribution in [0.25, 0.3) is 11.0 Å². The Hall–Kier alpha value is -2.29. The molecule has 0 spiro atoms. The molecule has 3 aromatic rings. The third kappa shape index (κ3) is 2.13. The molecule has 0 bridgehead atoms. The van der Waals surface area contributed by atoms with Gasteiger partial charge in [-0.3, -0.25) is 4.98 Å². The zero-order valence-electron chi connectivity index (χ0n) is 9.09. The van der Waals surface area contributed by atoms with E-state index in [4.69, 9.17) is 9.15 Å². The van der Waals surface area contributed by atoms with E-state index < -0.39 is 0 Å². The minimum atomic E-state index is 0.504. The molecule has 0 saturated heterocycles. The molecule has 83 valence electrons. The summed E-state index contributed by atoms with van der Waals surface area (Å²) in [7, 11) is 0. The van der Waals surface area contributed by atoms with Crippen LogP contribution in [-0.4, -0.2) is 4.98 Å². The van der Waals surface area contributed by atoms with Crippen LogP contribution in [0, 0.1) is 6.26 Å². The molecule has 3 rings (SSSR count). The molecular formula is C14H10NO2. The summed E-state index contributed by atoms with van der Waals surface area (Å²) in [6.45, 7) is 0.504. The number of fused-ring (bicyclic) bond motifs is 1. The van der Waals surface area contributed by atoms with E-state index in [9.17, 15) is 0 Å². The molecular weight excluding hydrogens is 214 g/mol. The van der Waals surface area contributed by atoms with Gasteiger partial charge in [0.05, 0.1) is 0 Å². The van der Waals surface area contributed by atoms with Crippen LogP contribution in [0.5, 0.6) is 5.75 Å². The molecule has 0 amide bonds. The Morgan fingerprint density at radius 2 is 2.29 bits per heavy atom. The number of nitrogens with zero attached hydrogens (tertiary/aromatic N) is 1. The maximum atomic E-state index is 5.66. The van der Waals surface area contributed by atoms with Gasteiger partial charge < -0.3 is 9.15 Å². The lowest BCUT2D eigenvalue weighted by molar-refractivity contribution is 0.306. The second-order valence-electron chi connectivity index (χ2n) is 3.71. The lowest BCUT2D eigenvalue weighted by atomic mass is 10.2. The molecule has 0 aliphatic rings. The number of ether oxygens (including phenoxy) is 1. The largest absolute Gasteiger partial charge is 0.489 e. The number of aromatic nitrogens is 1. The number of pyridine rings is 1. The van der Waals surface area contributed by atoms with Crippen molar-refractivity contribution in [1.82, 2.24) is 4.98 Å². The van der Waals surface area contributed by atoms with E-state index in [1.807, 2.05) is 30.3 Å². The van der Waals surface area contributed by atoms with Crippen molar-refractivity contribution >= 4 is 11.0 Å². The van der Waals surface area contributed by atoms with Gasteiger partial charge in [0.25, 0.3) is 0 Å². The van der Waals surface area contributed by atoms with Crippen LogP contribution in [0.2, 0.25) is 0 Å². The van der Waals surface area contributed by atoms with Crippen molar-refractivity contribution in [1.29, 1.82) is 0 Å². The number of hydrogen-bond donors (Lipinski definition) is 0. The first kappa shape index (κ1) is 9.90. The van der Waals surface area contributed by atoms with E-state index in [0.29, 0.717) is 6.61 Å². The lowest BCUT2D eigenvalue weighted by Crippen LogP contribution is -1.95. The van der Waals surface area contributed by atoms with Crippen LogP contribution < -0.4 is 4.74 Å². The quantitative estimate of drug-likeness (QED) is 0.685. The van der Waals surface area contributed by atoms with E-state index in [0.717, 1.165) is 22.3 Å². The van der Waals surface area contributed by atoms with Crippen LogP contribution >= 0.6 is 0 Å². The molecule has 0 saturated carbocycles. The molecule has 0 N–H and O–H groups in total. The highest BCUT2D eigenvalue weighted by Gasteiger charge is 2.00. The average molecular weight is 224 g/mol. The molecule has 0 atom stereocenters. The van der Waals surface area contributed by atoms with E-state index in [-0.39, 0.29) is 0 Å². The lowest BCUT2D eigenvalue weighted by Gasteiger charge is -2.05. The van der Waals surface area contributed by atoms with E-state index >= 15 is 0 Å². The summed E-state index contributed by atoms with van der Waals surface area (Å²) in [5, 5.41) is 1.03. The molecule has 0 unspecified atom stereocenters. The molecule has 1 radical (unpaired) electrons. The zero-order valence-corrected chi connectivity index (χ0v) is 9.09. The number of benzene rings is 1. The standard InChI is InChI=1S/C14H10NO2/c1-2-11(9-15-6-1)10-17-13-4-3-12-5-7-16-14(12)8-13/h1-6,8-9H,10H2. The third-order valence-electron chi connectivity index (χ3n) is 2.50.